The van der Waals surface area contributed by atoms with Gasteiger partial charge >= 0.3 is 5.97 Å². The number of rotatable bonds is 7. The van der Waals surface area contributed by atoms with Crippen LogP contribution in [0.3, 0.4) is 0 Å². The molecule has 0 amide bonds. The number of cyclic esters (lactones) is 1. The molecule has 4 atom stereocenters. The van der Waals surface area contributed by atoms with Gasteiger partial charge in [0.15, 0.2) is 13.9 Å². The Bertz CT molecular complexity index is 1140. The summed E-state index contributed by atoms with van der Waals surface area (Å²) in [5.74, 6) is -0.176. The van der Waals surface area contributed by atoms with Gasteiger partial charge in [0, 0.05) is 12.0 Å². The van der Waals surface area contributed by atoms with Crippen LogP contribution in [-0.2, 0) is 25.1 Å². The zero-order valence-corrected chi connectivity index (χ0v) is 23.0. The third-order valence-electron chi connectivity index (χ3n) is 7.53. The van der Waals surface area contributed by atoms with Crippen molar-refractivity contribution < 1.29 is 23.8 Å². The topological polar surface area (TPSA) is 77.4 Å². The molecule has 0 aliphatic carbocycles. The molecule has 2 aliphatic heterocycles. The van der Waals surface area contributed by atoms with Gasteiger partial charge in [-0.3, -0.25) is 0 Å². The lowest BCUT2D eigenvalue weighted by Gasteiger charge is -2.40. The Morgan fingerprint density at radius 3 is 2.36 bits per heavy atom. The second-order valence-corrected chi connectivity index (χ2v) is 16.1. The molecule has 0 spiro atoms. The summed E-state index contributed by atoms with van der Waals surface area (Å²) in [5, 5.41) is 10.7. The number of carbonyl (C=O) groups excluding carboxylic acids is 1. The van der Waals surface area contributed by atoms with Crippen LogP contribution in [0.25, 0.3) is 0 Å². The Morgan fingerprint density at radius 2 is 1.72 bits per heavy atom. The predicted octanol–water partition coefficient (Wildman–Crippen LogP) is 4.99. The molecule has 7 heteroatoms. The molecular formula is C29H37NO5Si. The van der Waals surface area contributed by atoms with E-state index in [0.717, 1.165) is 16.7 Å². The highest BCUT2D eigenvalue weighted by Gasteiger charge is 2.54. The molecule has 6 nitrogen and oxygen atoms in total. The molecule has 4 rings (SSSR count). The SMILES string of the molecule is Cc1ccc(C2=N[C@@](Cc3ccccc3)([C@H]3C=C[C@@H](O)[C@@H](CO[Si](C)(C)C(C)(C)C)O3)C(=O)O2)cc1. The highest BCUT2D eigenvalue weighted by molar-refractivity contribution is 6.74. The second kappa shape index (κ2) is 10.1. The first-order valence-corrected chi connectivity index (χ1v) is 15.4. The summed E-state index contributed by atoms with van der Waals surface area (Å²) in [7, 11) is -2.06. The standard InChI is InChI=1S/C29H37NO5Si/c1-20-12-14-22(15-13-20)26-30-29(27(32)35-26,18-21-10-8-7-9-11-21)25-17-16-23(31)24(34-25)19-33-36(5,6)28(2,3)4/h7-17,23-25,31H,18-19H2,1-6H3/t23-,24-,25-,29+/m1/s1. The lowest BCUT2D eigenvalue weighted by atomic mass is 9.84. The van der Waals surface area contributed by atoms with Gasteiger partial charge in [0.05, 0.1) is 6.61 Å². The fourth-order valence-electron chi connectivity index (χ4n) is 4.11. The monoisotopic (exact) mass is 507 g/mol. The number of hydrogen-bond acceptors (Lipinski definition) is 6. The number of aryl methyl sites for hydroxylation is 1. The fourth-order valence-corrected chi connectivity index (χ4v) is 5.13. The minimum Gasteiger partial charge on any atom is -0.414 e. The molecule has 0 fully saturated rings. The predicted molar refractivity (Wildman–Crippen MR) is 144 cm³/mol. The van der Waals surface area contributed by atoms with E-state index in [9.17, 15) is 9.90 Å². The van der Waals surface area contributed by atoms with E-state index >= 15 is 0 Å². The maximum absolute atomic E-state index is 13.5. The van der Waals surface area contributed by atoms with Gasteiger partial charge < -0.3 is 19.0 Å². The number of esters is 1. The number of hydrogen-bond donors (Lipinski definition) is 1. The van der Waals surface area contributed by atoms with Crippen molar-refractivity contribution in [1.29, 1.82) is 0 Å². The first-order chi connectivity index (χ1) is 16.9. The summed E-state index contributed by atoms with van der Waals surface area (Å²) in [6, 6.07) is 17.5. The number of carbonyl (C=O) groups is 1. The van der Waals surface area contributed by atoms with E-state index < -0.39 is 38.1 Å². The lowest BCUT2D eigenvalue weighted by Crippen LogP contribution is -2.54. The number of ether oxygens (including phenoxy) is 2. The van der Waals surface area contributed by atoms with Crippen LogP contribution in [0.5, 0.6) is 0 Å². The van der Waals surface area contributed by atoms with Crippen LogP contribution >= 0.6 is 0 Å². The van der Waals surface area contributed by atoms with E-state index in [0.29, 0.717) is 6.42 Å². The van der Waals surface area contributed by atoms with Crippen LogP contribution in [-0.4, -0.2) is 55.7 Å². The first kappa shape index (κ1) is 26.5. The number of nitrogens with zero attached hydrogens (tertiary/aromatic N) is 1. The summed E-state index contributed by atoms with van der Waals surface area (Å²) in [6.45, 7) is 13.1. The smallest absolute Gasteiger partial charge is 0.344 e. The summed E-state index contributed by atoms with van der Waals surface area (Å²) >= 11 is 0. The van der Waals surface area contributed by atoms with E-state index in [1.54, 1.807) is 12.2 Å². The van der Waals surface area contributed by atoms with Crippen molar-refractivity contribution in [2.24, 2.45) is 4.99 Å². The Kier molecular flexibility index (Phi) is 7.39. The van der Waals surface area contributed by atoms with Gasteiger partial charge in [0.25, 0.3) is 0 Å². The van der Waals surface area contributed by atoms with Crippen LogP contribution in [0.4, 0.5) is 0 Å². The molecule has 0 radical (unpaired) electrons. The Morgan fingerprint density at radius 1 is 1.06 bits per heavy atom. The highest BCUT2D eigenvalue weighted by atomic mass is 28.4. The number of aliphatic hydroxyl groups is 1. The molecule has 0 unspecified atom stereocenters. The second-order valence-electron chi connectivity index (χ2n) is 11.3. The Balaban J connectivity index is 1.66. The largest absolute Gasteiger partial charge is 0.414 e. The van der Waals surface area contributed by atoms with E-state index in [4.69, 9.17) is 18.9 Å². The quantitative estimate of drug-likeness (QED) is 0.325. The van der Waals surface area contributed by atoms with Gasteiger partial charge in [0.2, 0.25) is 5.90 Å². The minimum absolute atomic E-state index is 0.0267. The lowest BCUT2D eigenvalue weighted by molar-refractivity contribution is -0.150. The van der Waals surface area contributed by atoms with Crippen molar-refractivity contribution in [1.82, 2.24) is 0 Å². The number of aliphatic imine (C=N–C) groups is 1. The molecule has 192 valence electrons. The van der Waals surface area contributed by atoms with Crippen molar-refractivity contribution in [2.75, 3.05) is 6.61 Å². The van der Waals surface area contributed by atoms with Gasteiger partial charge in [0.1, 0.15) is 18.3 Å². The van der Waals surface area contributed by atoms with Gasteiger partial charge in [-0.15, -0.1) is 0 Å². The molecule has 0 saturated heterocycles. The third kappa shape index (κ3) is 5.39. The number of aliphatic hydroxyl groups excluding tert-OH is 1. The molecule has 0 aromatic heterocycles. The van der Waals surface area contributed by atoms with E-state index in [1.807, 2.05) is 61.5 Å². The van der Waals surface area contributed by atoms with Gasteiger partial charge in [-0.25, -0.2) is 9.79 Å². The first-order valence-electron chi connectivity index (χ1n) is 12.5. The van der Waals surface area contributed by atoms with Crippen LogP contribution in [0.2, 0.25) is 18.1 Å². The molecule has 0 bridgehead atoms. The van der Waals surface area contributed by atoms with Crippen LogP contribution in [0.15, 0.2) is 71.7 Å². The Labute approximate surface area is 215 Å². The molecule has 36 heavy (non-hydrogen) atoms. The zero-order valence-electron chi connectivity index (χ0n) is 22.0. The van der Waals surface area contributed by atoms with E-state index in [2.05, 4.69) is 33.9 Å². The van der Waals surface area contributed by atoms with E-state index in [-0.39, 0.29) is 17.5 Å². The van der Waals surface area contributed by atoms with Crippen LogP contribution in [0, 0.1) is 6.92 Å². The van der Waals surface area contributed by atoms with Gasteiger partial charge in [-0.2, -0.15) is 0 Å². The highest BCUT2D eigenvalue weighted by Crippen LogP contribution is 2.38. The average molecular weight is 508 g/mol. The van der Waals surface area contributed by atoms with Crippen LogP contribution in [0.1, 0.15) is 37.5 Å². The third-order valence-corrected chi connectivity index (χ3v) is 12.0. The number of benzene rings is 2. The maximum Gasteiger partial charge on any atom is 0.344 e. The van der Waals surface area contributed by atoms with Gasteiger partial charge in [-0.05, 0) is 42.8 Å². The zero-order chi connectivity index (χ0) is 26.1. The molecular weight excluding hydrogens is 470 g/mol. The molecule has 0 saturated carbocycles. The maximum atomic E-state index is 13.5. The van der Waals surface area contributed by atoms with Crippen molar-refractivity contribution in [3.8, 4) is 0 Å². The molecule has 2 aromatic rings. The van der Waals surface area contributed by atoms with Crippen molar-refractivity contribution in [3.05, 3.63) is 83.4 Å². The fraction of sp³-hybridized carbons (Fsp3) is 0.448. The van der Waals surface area contributed by atoms with Crippen LogP contribution < -0.4 is 0 Å². The summed E-state index contributed by atoms with van der Waals surface area (Å²) in [6.07, 6.45) is 1.56. The molecule has 2 aromatic carbocycles. The minimum atomic E-state index is -2.06. The summed E-state index contributed by atoms with van der Waals surface area (Å²) in [4.78, 5) is 18.4. The van der Waals surface area contributed by atoms with E-state index in [1.165, 1.54) is 0 Å². The van der Waals surface area contributed by atoms with Gasteiger partial charge in [-0.1, -0.05) is 81.0 Å². The van der Waals surface area contributed by atoms with Crippen molar-refractivity contribution in [2.45, 2.75) is 76.1 Å². The summed E-state index contributed by atoms with van der Waals surface area (Å²) in [5.41, 5.74) is 1.48. The van der Waals surface area contributed by atoms with Crippen molar-refractivity contribution in [3.63, 3.8) is 0 Å². The van der Waals surface area contributed by atoms with Crippen molar-refractivity contribution >= 4 is 20.2 Å². The Hall–Kier alpha value is -2.58. The average Bonchev–Trinajstić information content (AvgIpc) is 3.15. The molecule has 2 heterocycles. The molecule has 1 N–H and O–H groups in total. The molecule has 2 aliphatic rings. The normalized spacial score (nSPS) is 26.6. The summed E-state index contributed by atoms with van der Waals surface area (Å²) < 4.78 is 18.5.